The van der Waals surface area contributed by atoms with Gasteiger partial charge in [0.2, 0.25) is 0 Å². The van der Waals surface area contributed by atoms with Crippen molar-refractivity contribution in [2.45, 2.75) is 13.0 Å². The van der Waals surface area contributed by atoms with Gasteiger partial charge in [-0.2, -0.15) is 0 Å². The minimum Gasteiger partial charge on any atom is -0.479 e. The quantitative estimate of drug-likeness (QED) is 0.343. The van der Waals surface area contributed by atoms with Crippen molar-refractivity contribution in [3.05, 3.63) is 88.6 Å². The first kappa shape index (κ1) is 21.7. The second-order valence-corrected chi connectivity index (χ2v) is 7.85. The molecule has 0 fully saturated rings. The molecule has 4 aromatic rings. The fourth-order valence-corrected chi connectivity index (χ4v) is 3.44. The molecule has 0 aliphatic rings. The lowest BCUT2D eigenvalue weighted by molar-refractivity contribution is -0.122. The Bertz CT molecular complexity index is 1250. The van der Waals surface area contributed by atoms with Gasteiger partial charge < -0.3 is 19.8 Å². The number of amides is 2. The summed E-state index contributed by atoms with van der Waals surface area (Å²) in [5, 5.41) is 7.18. The predicted molar refractivity (Wildman–Crippen MR) is 126 cm³/mol. The fraction of sp³-hybridized carbons (Fsp3) is 0.0833. The third-order valence-corrected chi connectivity index (χ3v) is 5.16. The van der Waals surface area contributed by atoms with Crippen LogP contribution < -0.4 is 15.4 Å². The number of hydrogen-bond donors (Lipinski definition) is 2. The first-order chi connectivity index (χ1) is 15.4. The van der Waals surface area contributed by atoms with Crippen molar-refractivity contribution in [3.63, 3.8) is 0 Å². The summed E-state index contributed by atoms with van der Waals surface area (Å²) in [5.41, 5.74) is 1.76. The third kappa shape index (κ3) is 5.04. The molecule has 1 unspecified atom stereocenters. The molecular formula is C24H18Cl2N2O4. The highest BCUT2D eigenvalue weighted by atomic mass is 35.5. The third-order valence-electron chi connectivity index (χ3n) is 4.63. The Morgan fingerprint density at radius 2 is 1.59 bits per heavy atom. The zero-order chi connectivity index (χ0) is 22.7. The van der Waals surface area contributed by atoms with E-state index in [1.807, 2.05) is 18.2 Å². The van der Waals surface area contributed by atoms with Gasteiger partial charge in [0.15, 0.2) is 11.9 Å². The highest BCUT2D eigenvalue weighted by molar-refractivity contribution is 6.35. The molecule has 1 heterocycles. The molecule has 0 radical (unpaired) electrons. The predicted octanol–water partition coefficient (Wildman–Crippen LogP) is 6.40. The van der Waals surface area contributed by atoms with Crippen LogP contribution in [-0.2, 0) is 4.79 Å². The van der Waals surface area contributed by atoms with Gasteiger partial charge in [-0.25, -0.2) is 0 Å². The first-order valence-electron chi connectivity index (χ1n) is 9.71. The molecule has 32 heavy (non-hydrogen) atoms. The topological polar surface area (TPSA) is 80.6 Å². The second-order valence-electron chi connectivity index (χ2n) is 7.00. The maximum atomic E-state index is 12.4. The Morgan fingerprint density at radius 3 is 2.28 bits per heavy atom. The summed E-state index contributed by atoms with van der Waals surface area (Å²) in [7, 11) is 0. The van der Waals surface area contributed by atoms with Crippen molar-refractivity contribution in [1.82, 2.24) is 0 Å². The number of nitrogens with one attached hydrogen (secondary N) is 2. The van der Waals surface area contributed by atoms with Crippen LogP contribution in [0.15, 0.2) is 77.2 Å². The Labute approximate surface area is 194 Å². The summed E-state index contributed by atoms with van der Waals surface area (Å²) in [5.74, 6) is -0.132. The average molecular weight is 469 g/mol. The summed E-state index contributed by atoms with van der Waals surface area (Å²) >= 11 is 12.0. The minimum absolute atomic E-state index is 0.218. The Balaban J connectivity index is 1.35. The monoisotopic (exact) mass is 468 g/mol. The van der Waals surface area contributed by atoms with Gasteiger partial charge in [0, 0.05) is 21.8 Å². The van der Waals surface area contributed by atoms with Gasteiger partial charge in [-0.1, -0.05) is 41.4 Å². The summed E-state index contributed by atoms with van der Waals surface area (Å²) in [6.45, 7) is 1.61. The number of carbonyl (C=O) groups excluding carboxylic acids is 2. The standard InChI is InChI=1S/C24H18Cl2N2O4/c1-14(31-21-11-6-16(25)13-19(21)26)23(29)27-17-7-9-18(10-8-17)28-24(30)22-12-15-4-2-3-5-20(15)32-22/h2-14H,1H3,(H,27,29)(H,28,30). The van der Waals surface area contributed by atoms with Crippen LogP contribution in [0.1, 0.15) is 17.5 Å². The summed E-state index contributed by atoms with van der Waals surface area (Å²) < 4.78 is 11.2. The molecule has 2 N–H and O–H groups in total. The number of halogens is 2. The Kier molecular flexibility index (Phi) is 6.35. The van der Waals surface area contributed by atoms with E-state index in [1.165, 1.54) is 0 Å². The van der Waals surface area contributed by atoms with Crippen LogP contribution in [0, 0.1) is 0 Å². The van der Waals surface area contributed by atoms with E-state index in [-0.39, 0.29) is 17.6 Å². The largest absolute Gasteiger partial charge is 0.479 e. The molecule has 162 valence electrons. The minimum atomic E-state index is -0.791. The number of fused-ring (bicyclic) bond motifs is 1. The number of para-hydroxylation sites is 1. The van der Waals surface area contributed by atoms with Crippen molar-refractivity contribution in [3.8, 4) is 5.75 Å². The molecule has 8 heteroatoms. The van der Waals surface area contributed by atoms with Crippen LogP contribution >= 0.6 is 23.2 Å². The Hall–Kier alpha value is -3.48. The van der Waals surface area contributed by atoms with Crippen molar-refractivity contribution in [2.75, 3.05) is 10.6 Å². The van der Waals surface area contributed by atoms with Crippen molar-refractivity contribution >= 4 is 57.4 Å². The number of rotatable bonds is 6. The van der Waals surface area contributed by atoms with Crippen LogP contribution in [0.5, 0.6) is 5.75 Å². The average Bonchev–Trinajstić information content (AvgIpc) is 3.21. The van der Waals surface area contributed by atoms with Crippen molar-refractivity contribution in [2.24, 2.45) is 0 Å². The maximum Gasteiger partial charge on any atom is 0.291 e. The normalized spacial score (nSPS) is 11.7. The lowest BCUT2D eigenvalue weighted by Crippen LogP contribution is -2.30. The number of anilines is 2. The molecule has 0 aliphatic heterocycles. The second kappa shape index (κ2) is 9.34. The Morgan fingerprint density at radius 1 is 0.906 bits per heavy atom. The smallest absolute Gasteiger partial charge is 0.291 e. The van der Waals surface area contributed by atoms with E-state index in [2.05, 4.69) is 10.6 Å². The van der Waals surface area contributed by atoms with Gasteiger partial charge in [0.1, 0.15) is 11.3 Å². The lowest BCUT2D eigenvalue weighted by atomic mass is 10.2. The van der Waals surface area contributed by atoms with E-state index in [4.69, 9.17) is 32.4 Å². The van der Waals surface area contributed by atoms with Gasteiger partial charge in [0.25, 0.3) is 11.8 Å². The van der Waals surface area contributed by atoms with Crippen LogP contribution in [0.4, 0.5) is 11.4 Å². The molecular weight excluding hydrogens is 451 g/mol. The number of carbonyl (C=O) groups is 2. The molecule has 1 atom stereocenters. The van der Waals surface area contributed by atoms with E-state index in [1.54, 1.807) is 61.5 Å². The van der Waals surface area contributed by atoms with Gasteiger partial charge in [-0.05, 0) is 61.5 Å². The molecule has 2 amide bonds. The molecule has 0 saturated heterocycles. The SMILES string of the molecule is CC(Oc1ccc(Cl)cc1Cl)C(=O)Nc1ccc(NC(=O)c2cc3ccccc3o2)cc1. The van der Waals surface area contributed by atoms with Crippen LogP contribution in [0.25, 0.3) is 11.0 Å². The highest BCUT2D eigenvalue weighted by Crippen LogP contribution is 2.28. The summed E-state index contributed by atoms with van der Waals surface area (Å²) in [6, 6.07) is 20.6. The van der Waals surface area contributed by atoms with E-state index in [0.29, 0.717) is 32.8 Å². The number of benzene rings is 3. The molecule has 6 nitrogen and oxygen atoms in total. The fourth-order valence-electron chi connectivity index (χ4n) is 2.98. The summed E-state index contributed by atoms with van der Waals surface area (Å²) in [6.07, 6.45) is -0.791. The van der Waals surface area contributed by atoms with Crippen molar-refractivity contribution < 1.29 is 18.7 Å². The summed E-state index contributed by atoms with van der Waals surface area (Å²) in [4.78, 5) is 24.9. The maximum absolute atomic E-state index is 12.4. The molecule has 4 rings (SSSR count). The van der Waals surface area contributed by atoms with E-state index < -0.39 is 6.10 Å². The lowest BCUT2D eigenvalue weighted by Gasteiger charge is -2.16. The molecule has 1 aromatic heterocycles. The van der Waals surface area contributed by atoms with E-state index in [0.717, 1.165) is 5.39 Å². The van der Waals surface area contributed by atoms with Gasteiger partial charge in [-0.3, -0.25) is 9.59 Å². The number of hydrogen-bond acceptors (Lipinski definition) is 4. The van der Waals surface area contributed by atoms with Crippen LogP contribution in [-0.4, -0.2) is 17.9 Å². The molecule has 0 spiro atoms. The van der Waals surface area contributed by atoms with Crippen molar-refractivity contribution in [1.29, 1.82) is 0 Å². The van der Waals surface area contributed by atoms with Crippen LogP contribution in [0.3, 0.4) is 0 Å². The van der Waals surface area contributed by atoms with Gasteiger partial charge >= 0.3 is 0 Å². The zero-order valence-electron chi connectivity index (χ0n) is 16.9. The molecule has 0 bridgehead atoms. The number of ether oxygens (including phenoxy) is 1. The molecule has 3 aromatic carbocycles. The molecule has 0 saturated carbocycles. The van der Waals surface area contributed by atoms with E-state index >= 15 is 0 Å². The van der Waals surface area contributed by atoms with Gasteiger partial charge in [-0.15, -0.1) is 0 Å². The first-order valence-corrected chi connectivity index (χ1v) is 10.5. The van der Waals surface area contributed by atoms with E-state index in [9.17, 15) is 9.59 Å². The highest BCUT2D eigenvalue weighted by Gasteiger charge is 2.17. The molecule has 0 aliphatic carbocycles. The van der Waals surface area contributed by atoms with Gasteiger partial charge in [0.05, 0.1) is 5.02 Å². The van der Waals surface area contributed by atoms with Crippen LogP contribution in [0.2, 0.25) is 10.0 Å². The number of furan rings is 1. The zero-order valence-corrected chi connectivity index (χ0v) is 18.4.